The maximum atomic E-state index is 11.6. The fraction of sp³-hybridized carbons (Fsp3) is 0.333. The van der Waals surface area contributed by atoms with Crippen molar-refractivity contribution in [3.63, 3.8) is 0 Å². The number of benzene rings is 1. The summed E-state index contributed by atoms with van der Waals surface area (Å²) < 4.78 is 43.9. The summed E-state index contributed by atoms with van der Waals surface area (Å²) in [5.41, 5.74) is 0. The minimum Gasteiger partial charge on any atom is -0.468 e. The molecular formula is C9H9F3O2. The Bertz CT molecular complexity index is 259. The van der Waals surface area contributed by atoms with E-state index in [1.807, 2.05) is 0 Å². The first-order valence-corrected chi connectivity index (χ1v) is 3.90. The third-order valence-electron chi connectivity index (χ3n) is 1.32. The van der Waals surface area contributed by atoms with Crippen molar-refractivity contribution in [2.45, 2.75) is 6.18 Å². The van der Waals surface area contributed by atoms with E-state index in [-0.39, 0.29) is 0 Å². The van der Waals surface area contributed by atoms with E-state index in [4.69, 9.17) is 4.74 Å². The smallest absolute Gasteiger partial charge is 0.411 e. The Balaban J connectivity index is 2.17. The van der Waals surface area contributed by atoms with Gasteiger partial charge in [0.15, 0.2) is 6.79 Å². The van der Waals surface area contributed by atoms with E-state index in [1.165, 1.54) is 0 Å². The molecule has 0 radical (unpaired) electrons. The van der Waals surface area contributed by atoms with Crippen LogP contribution >= 0.6 is 0 Å². The number of rotatable bonds is 4. The van der Waals surface area contributed by atoms with Crippen LogP contribution in [0.2, 0.25) is 0 Å². The summed E-state index contributed by atoms with van der Waals surface area (Å²) in [5, 5.41) is 0. The molecule has 0 heterocycles. The maximum absolute atomic E-state index is 11.6. The minimum absolute atomic E-state index is 0.399. The minimum atomic E-state index is -4.31. The maximum Gasteiger partial charge on any atom is 0.411 e. The van der Waals surface area contributed by atoms with Crippen LogP contribution in [0.4, 0.5) is 13.2 Å². The lowest BCUT2D eigenvalue weighted by molar-refractivity contribution is -0.186. The first-order valence-electron chi connectivity index (χ1n) is 3.90. The van der Waals surface area contributed by atoms with Crippen LogP contribution in [0.3, 0.4) is 0 Å². The molecule has 1 aromatic rings. The fourth-order valence-electron chi connectivity index (χ4n) is 0.784. The number of alkyl halides is 3. The van der Waals surface area contributed by atoms with Gasteiger partial charge in [-0.3, -0.25) is 0 Å². The Hall–Kier alpha value is -1.23. The number of hydrogen-bond acceptors (Lipinski definition) is 2. The van der Waals surface area contributed by atoms with Crippen LogP contribution in [0.5, 0.6) is 5.75 Å². The van der Waals surface area contributed by atoms with Crippen LogP contribution in [0.15, 0.2) is 30.3 Å². The van der Waals surface area contributed by atoms with E-state index < -0.39 is 19.6 Å². The summed E-state index contributed by atoms with van der Waals surface area (Å²) in [6.07, 6.45) is -4.31. The molecule has 14 heavy (non-hydrogen) atoms. The molecule has 0 N–H and O–H groups in total. The van der Waals surface area contributed by atoms with Crippen LogP contribution in [0, 0.1) is 0 Å². The molecule has 0 saturated heterocycles. The highest BCUT2D eigenvalue weighted by atomic mass is 19.4. The quantitative estimate of drug-likeness (QED) is 0.556. The molecule has 5 heteroatoms. The summed E-state index contributed by atoms with van der Waals surface area (Å²) in [4.78, 5) is 0. The summed E-state index contributed by atoms with van der Waals surface area (Å²) in [6, 6.07) is 8.50. The van der Waals surface area contributed by atoms with Crippen LogP contribution < -0.4 is 4.74 Å². The molecule has 0 bridgehead atoms. The fourth-order valence-corrected chi connectivity index (χ4v) is 0.784. The van der Waals surface area contributed by atoms with Gasteiger partial charge < -0.3 is 9.47 Å². The topological polar surface area (TPSA) is 18.5 Å². The molecule has 0 aromatic heterocycles. The molecule has 0 atom stereocenters. The van der Waals surface area contributed by atoms with Crippen LogP contribution in [0.1, 0.15) is 0 Å². The zero-order valence-corrected chi connectivity index (χ0v) is 7.25. The van der Waals surface area contributed by atoms with E-state index in [1.54, 1.807) is 30.3 Å². The van der Waals surface area contributed by atoms with Crippen molar-refractivity contribution in [2.75, 3.05) is 13.4 Å². The van der Waals surface area contributed by atoms with Gasteiger partial charge >= 0.3 is 6.18 Å². The second-order valence-corrected chi connectivity index (χ2v) is 2.54. The van der Waals surface area contributed by atoms with E-state index in [0.29, 0.717) is 5.75 Å². The Kier molecular flexibility index (Phi) is 3.76. The number of hydrogen-bond donors (Lipinski definition) is 0. The highest BCUT2D eigenvalue weighted by Crippen LogP contribution is 2.14. The van der Waals surface area contributed by atoms with E-state index >= 15 is 0 Å². The van der Waals surface area contributed by atoms with Crippen LogP contribution in [-0.4, -0.2) is 19.6 Å². The lowest BCUT2D eigenvalue weighted by atomic mass is 10.3. The average molecular weight is 206 g/mol. The van der Waals surface area contributed by atoms with Crippen LogP contribution in [0.25, 0.3) is 0 Å². The van der Waals surface area contributed by atoms with Crippen molar-refractivity contribution in [1.29, 1.82) is 0 Å². The highest BCUT2D eigenvalue weighted by Gasteiger charge is 2.27. The molecular weight excluding hydrogens is 197 g/mol. The SMILES string of the molecule is FC(F)(F)COCOc1ccccc1. The molecule has 0 fully saturated rings. The molecule has 2 nitrogen and oxygen atoms in total. The first kappa shape index (κ1) is 10.8. The molecule has 0 amide bonds. The van der Waals surface area contributed by atoms with Gasteiger partial charge in [-0.25, -0.2) is 0 Å². The van der Waals surface area contributed by atoms with Crippen LogP contribution in [-0.2, 0) is 4.74 Å². The number of halogens is 3. The highest BCUT2D eigenvalue weighted by molar-refractivity contribution is 5.20. The molecule has 78 valence electrons. The molecule has 0 unspecified atom stereocenters. The molecule has 0 aliphatic carbocycles. The van der Waals surface area contributed by atoms with Crippen molar-refractivity contribution in [1.82, 2.24) is 0 Å². The zero-order valence-electron chi connectivity index (χ0n) is 7.25. The second kappa shape index (κ2) is 4.85. The van der Waals surface area contributed by atoms with Crippen molar-refractivity contribution in [3.05, 3.63) is 30.3 Å². The third-order valence-corrected chi connectivity index (χ3v) is 1.32. The van der Waals surface area contributed by atoms with Gasteiger partial charge in [0.05, 0.1) is 0 Å². The predicted molar refractivity (Wildman–Crippen MR) is 43.9 cm³/mol. The van der Waals surface area contributed by atoms with Gasteiger partial charge in [0.1, 0.15) is 12.4 Å². The van der Waals surface area contributed by atoms with Gasteiger partial charge in [0.2, 0.25) is 0 Å². The largest absolute Gasteiger partial charge is 0.468 e. The lowest BCUT2D eigenvalue weighted by Gasteiger charge is -2.08. The number of para-hydroxylation sites is 1. The van der Waals surface area contributed by atoms with Crippen molar-refractivity contribution in [3.8, 4) is 5.75 Å². The normalized spacial score (nSPS) is 11.4. The average Bonchev–Trinajstić information content (AvgIpc) is 2.13. The Labute approximate surface area is 79.2 Å². The van der Waals surface area contributed by atoms with Gasteiger partial charge in [-0.05, 0) is 12.1 Å². The van der Waals surface area contributed by atoms with E-state index in [2.05, 4.69) is 4.74 Å². The molecule has 0 saturated carbocycles. The van der Waals surface area contributed by atoms with Gasteiger partial charge in [-0.1, -0.05) is 18.2 Å². The third kappa shape index (κ3) is 4.71. The standard InChI is InChI=1S/C9H9F3O2/c10-9(11,12)6-13-7-14-8-4-2-1-3-5-8/h1-5H,6-7H2. The molecule has 1 aromatic carbocycles. The van der Waals surface area contributed by atoms with Gasteiger partial charge in [-0.15, -0.1) is 0 Å². The van der Waals surface area contributed by atoms with Gasteiger partial charge in [0, 0.05) is 0 Å². The Morgan fingerprint density at radius 1 is 1.07 bits per heavy atom. The van der Waals surface area contributed by atoms with E-state index in [9.17, 15) is 13.2 Å². The summed E-state index contributed by atoms with van der Waals surface area (Å²) in [7, 11) is 0. The molecule has 0 aliphatic heterocycles. The molecule has 1 rings (SSSR count). The molecule has 0 aliphatic rings. The zero-order chi connectivity index (χ0) is 10.4. The van der Waals surface area contributed by atoms with Crippen molar-refractivity contribution in [2.24, 2.45) is 0 Å². The number of ether oxygens (including phenoxy) is 2. The summed E-state index contributed by atoms with van der Waals surface area (Å²) in [5.74, 6) is 0.481. The van der Waals surface area contributed by atoms with Gasteiger partial charge in [0.25, 0.3) is 0 Å². The Morgan fingerprint density at radius 2 is 1.71 bits per heavy atom. The predicted octanol–water partition coefficient (Wildman–Crippen LogP) is 2.60. The first-order chi connectivity index (χ1) is 6.58. The summed E-state index contributed by atoms with van der Waals surface area (Å²) in [6.45, 7) is -1.69. The second-order valence-electron chi connectivity index (χ2n) is 2.54. The lowest BCUT2D eigenvalue weighted by Crippen LogP contribution is -2.19. The Morgan fingerprint density at radius 3 is 2.29 bits per heavy atom. The summed E-state index contributed by atoms with van der Waals surface area (Å²) >= 11 is 0. The van der Waals surface area contributed by atoms with Gasteiger partial charge in [-0.2, -0.15) is 13.2 Å². The van der Waals surface area contributed by atoms with Crippen molar-refractivity contribution >= 4 is 0 Å². The van der Waals surface area contributed by atoms with E-state index in [0.717, 1.165) is 0 Å². The van der Waals surface area contributed by atoms with Crippen molar-refractivity contribution < 1.29 is 22.6 Å². The monoisotopic (exact) mass is 206 g/mol. The molecule has 0 spiro atoms.